The highest BCUT2D eigenvalue weighted by atomic mass is 32.2. The van der Waals surface area contributed by atoms with Gasteiger partial charge in [0.25, 0.3) is 0 Å². The molecule has 2 rings (SSSR count). The third kappa shape index (κ3) is 5.03. The number of likely N-dealkylation sites (tertiary alicyclic amines) is 1. The molecule has 2 fully saturated rings. The fourth-order valence-electron chi connectivity index (χ4n) is 2.92. The van der Waals surface area contributed by atoms with Crippen LogP contribution in [0.15, 0.2) is 0 Å². The van der Waals surface area contributed by atoms with E-state index >= 15 is 0 Å². The van der Waals surface area contributed by atoms with E-state index in [1.54, 1.807) is 4.90 Å². The predicted molar refractivity (Wildman–Crippen MR) is 75.8 cm³/mol. The molecular formula is C13H24N2O4S. The van der Waals surface area contributed by atoms with Gasteiger partial charge >= 0.3 is 0 Å². The number of carbonyl (C=O) groups is 1. The van der Waals surface area contributed by atoms with Crippen LogP contribution in [0, 0.1) is 0 Å². The average Bonchev–Trinajstić information content (AvgIpc) is 2.87. The lowest BCUT2D eigenvalue weighted by Gasteiger charge is -2.33. The van der Waals surface area contributed by atoms with Gasteiger partial charge in [-0.25, -0.2) is 13.1 Å². The normalized spacial score (nSPS) is 27.8. The zero-order chi connectivity index (χ0) is 14.6. The number of carbonyl (C=O) groups excluding carboxylic acids is 1. The van der Waals surface area contributed by atoms with Crippen LogP contribution in [0.5, 0.6) is 0 Å². The van der Waals surface area contributed by atoms with E-state index in [0.717, 1.165) is 51.5 Å². The minimum Gasteiger partial charge on any atom is -0.378 e. The molecule has 0 radical (unpaired) electrons. The molecule has 1 N–H and O–H groups in total. The average molecular weight is 304 g/mol. The molecule has 0 aromatic heterocycles. The van der Waals surface area contributed by atoms with E-state index in [2.05, 4.69) is 4.72 Å². The number of rotatable bonds is 5. The fourth-order valence-corrected chi connectivity index (χ4v) is 3.72. The number of piperidine rings is 1. The Hall–Kier alpha value is -0.660. The molecule has 20 heavy (non-hydrogen) atoms. The summed E-state index contributed by atoms with van der Waals surface area (Å²) in [6.07, 6.45) is 6.44. The first-order valence-corrected chi connectivity index (χ1v) is 9.20. The molecule has 2 aliphatic rings. The number of amides is 1. The predicted octanol–water partition coefficient (Wildman–Crippen LogP) is 0.486. The van der Waals surface area contributed by atoms with Crippen LogP contribution in [0.2, 0.25) is 0 Å². The Bertz CT molecular complexity index is 432. The van der Waals surface area contributed by atoms with E-state index in [-0.39, 0.29) is 18.1 Å². The maximum Gasteiger partial charge on any atom is 0.222 e. The van der Waals surface area contributed by atoms with Gasteiger partial charge in [-0.15, -0.1) is 0 Å². The molecule has 0 aromatic rings. The Kier molecular flexibility index (Phi) is 5.40. The first-order chi connectivity index (χ1) is 9.44. The van der Waals surface area contributed by atoms with E-state index in [0.29, 0.717) is 13.0 Å². The lowest BCUT2D eigenvalue weighted by Crippen LogP contribution is -2.49. The Labute approximate surface area is 120 Å². The van der Waals surface area contributed by atoms with Crippen LogP contribution in [-0.4, -0.2) is 57.3 Å². The summed E-state index contributed by atoms with van der Waals surface area (Å²) < 4.78 is 30.6. The van der Waals surface area contributed by atoms with Crippen molar-refractivity contribution in [3.05, 3.63) is 0 Å². The number of sulfonamides is 1. The molecule has 2 atom stereocenters. The first kappa shape index (κ1) is 15.7. The summed E-state index contributed by atoms with van der Waals surface area (Å²) in [5, 5.41) is 0. The van der Waals surface area contributed by atoms with Crippen LogP contribution in [0.4, 0.5) is 0 Å². The van der Waals surface area contributed by atoms with Gasteiger partial charge in [0.2, 0.25) is 15.9 Å². The van der Waals surface area contributed by atoms with Crippen LogP contribution in [-0.2, 0) is 19.6 Å². The standard InChI is InChI=1S/C13H24N2O4S/c1-20(17,18)14-11-4-2-8-15(10-11)13(16)7-6-12-5-3-9-19-12/h11-12,14H,2-10H2,1H3/t11-,12-/m0/s1. The van der Waals surface area contributed by atoms with Gasteiger partial charge in [-0.1, -0.05) is 0 Å². The van der Waals surface area contributed by atoms with Crippen LogP contribution in [0.25, 0.3) is 0 Å². The zero-order valence-electron chi connectivity index (χ0n) is 12.0. The van der Waals surface area contributed by atoms with Gasteiger partial charge < -0.3 is 9.64 Å². The Balaban J connectivity index is 1.77. The fraction of sp³-hybridized carbons (Fsp3) is 0.923. The largest absolute Gasteiger partial charge is 0.378 e. The zero-order valence-corrected chi connectivity index (χ0v) is 12.8. The first-order valence-electron chi connectivity index (χ1n) is 7.31. The molecule has 0 aromatic carbocycles. The third-order valence-corrected chi connectivity index (χ3v) is 4.62. The lowest BCUT2D eigenvalue weighted by molar-refractivity contribution is -0.133. The second kappa shape index (κ2) is 6.87. The minimum atomic E-state index is -3.21. The number of nitrogens with zero attached hydrogens (tertiary/aromatic N) is 1. The van der Waals surface area contributed by atoms with Crippen molar-refractivity contribution >= 4 is 15.9 Å². The third-order valence-electron chi connectivity index (χ3n) is 3.86. The summed E-state index contributed by atoms with van der Waals surface area (Å²) in [6, 6.07) is -0.148. The van der Waals surface area contributed by atoms with Crippen molar-refractivity contribution in [3.63, 3.8) is 0 Å². The molecule has 1 amide bonds. The van der Waals surface area contributed by atoms with E-state index in [1.807, 2.05) is 0 Å². The minimum absolute atomic E-state index is 0.112. The summed E-state index contributed by atoms with van der Waals surface area (Å²) in [4.78, 5) is 13.9. The van der Waals surface area contributed by atoms with E-state index < -0.39 is 10.0 Å². The van der Waals surface area contributed by atoms with Gasteiger partial charge in [0, 0.05) is 32.2 Å². The monoisotopic (exact) mass is 304 g/mol. The highest BCUT2D eigenvalue weighted by Gasteiger charge is 2.26. The van der Waals surface area contributed by atoms with Crippen LogP contribution >= 0.6 is 0 Å². The number of hydrogen-bond donors (Lipinski definition) is 1. The summed E-state index contributed by atoms with van der Waals surface area (Å²) in [6.45, 7) is 2.02. The molecule has 2 heterocycles. The molecule has 6 nitrogen and oxygen atoms in total. The van der Waals surface area contributed by atoms with Gasteiger partial charge in [-0.05, 0) is 32.1 Å². The summed E-state index contributed by atoms with van der Waals surface area (Å²) in [5.41, 5.74) is 0. The smallest absolute Gasteiger partial charge is 0.222 e. The van der Waals surface area contributed by atoms with Gasteiger partial charge in [0.15, 0.2) is 0 Å². The molecule has 0 bridgehead atoms. The van der Waals surface area contributed by atoms with Crippen LogP contribution < -0.4 is 4.72 Å². The quantitative estimate of drug-likeness (QED) is 0.802. The molecule has 0 spiro atoms. The molecule has 116 valence electrons. The highest BCUT2D eigenvalue weighted by molar-refractivity contribution is 7.88. The van der Waals surface area contributed by atoms with Crippen LogP contribution in [0.1, 0.15) is 38.5 Å². The second-order valence-corrected chi connectivity index (χ2v) is 7.52. The lowest BCUT2D eigenvalue weighted by atomic mass is 10.1. The molecule has 0 unspecified atom stereocenters. The maximum atomic E-state index is 12.2. The molecular weight excluding hydrogens is 280 g/mol. The van der Waals surface area contributed by atoms with Crippen molar-refractivity contribution in [2.75, 3.05) is 26.0 Å². The van der Waals surface area contributed by atoms with Crippen molar-refractivity contribution in [1.82, 2.24) is 9.62 Å². The topological polar surface area (TPSA) is 75.7 Å². The van der Waals surface area contributed by atoms with Gasteiger partial charge in [-0.2, -0.15) is 0 Å². The Morgan fingerprint density at radius 1 is 1.35 bits per heavy atom. The van der Waals surface area contributed by atoms with Gasteiger partial charge in [0.05, 0.1) is 12.4 Å². The Morgan fingerprint density at radius 3 is 2.80 bits per heavy atom. The van der Waals surface area contributed by atoms with Gasteiger partial charge in [-0.3, -0.25) is 4.79 Å². The molecule has 0 saturated carbocycles. The number of ether oxygens (including phenoxy) is 1. The van der Waals surface area contributed by atoms with E-state index in [4.69, 9.17) is 4.74 Å². The summed E-state index contributed by atoms with van der Waals surface area (Å²) >= 11 is 0. The van der Waals surface area contributed by atoms with Crippen molar-refractivity contribution in [1.29, 1.82) is 0 Å². The van der Waals surface area contributed by atoms with Crippen LogP contribution in [0.3, 0.4) is 0 Å². The van der Waals surface area contributed by atoms with Crippen molar-refractivity contribution in [3.8, 4) is 0 Å². The Morgan fingerprint density at radius 2 is 2.15 bits per heavy atom. The van der Waals surface area contributed by atoms with E-state index in [1.165, 1.54) is 0 Å². The number of nitrogens with one attached hydrogen (secondary N) is 1. The molecule has 7 heteroatoms. The van der Waals surface area contributed by atoms with E-state index in [9.17, 15) is 13.2 Å². The van der Waals surface area contributed by atoms with Gasteiger partial charge in [0.1, 0.15) is 0 Å². The maximum absolute atomic E-state index is 12.2. The molecule has 2 saturated heterocycles. The SMILES string of the molecule is CS(=O)(=O)N[C@H]1CCCN(C(=O)CC[C@@H]2CCCO2)C1. The highest BCUT2D eigenvalue weighted by Crippen LogP contribution is 2.18. The second-order valence-electron chi connectivity index (χ2n) is 5.74. The number of hydrogen-bond acceptors (Lipinski definition) is 4. The molecule has 0 aliphatic carbocycles. The van der Waals surface area contributed by atoms with Crippen molar-refractivity contribution in [2.45, 2.75) is 50.7 Å². The van der Waals surface area contributed by atoms with Crippen molar-refractivity contribution in [2.24, 2.45) is 0 Å². The van der Waals surface area contributed by atoms with Crippen molar-refractivity contribution < 1.29 is 17.9 Å². The summed E-state index contributed by atoms with van der Waals surface area (Å²) in [7, 11) is -3.21. The molecule has 2 aliphatic heterocycles. The summed E-state index contributed by atoms with van der Waals surface area (Å²) in [5.74, 6) is 0.112.